The Morgan fingerprint density at radius 1 is 0.923 bits per heavy atom. The SMILES string of the molecule is O=C(Cc1ccccc1[N+](=O)[O-])Nc1cccc(Oc2ccccc2)c1. The number of hydrogen-bond acceptors (Lipinski definition) is 4. The number of amides is 1. The lowest BCUT2D eigenvalue weighted by Crippen LogP contribution is -2.15. The summed E-state index contributed by atoms with van der Waals surface area (Å²) >= 11 is 0. The highest BCUT2D eigenvalue weighted by molar-refractivity contribution is 5.93. The molecule has 0 aromatic heterocycles. The van der Waals surface area contributed by atoms with E-state index in [4.69, 9.17) is 4.74 Å². The Morgan fingerprint density at radius 2 is 1.62 bits per heavy atom. The number of nitro groups is 1. The zero-order chi connectivity index (χ0) is 18.4. The third-order valence-corrected chi connectivity index (χ3v) is 3.64. The highest BCUT2D eigenvalue weighted by Crippen LogP contribution is 2.24. The number of nitrogens with zero attached hydrogens (tertiary/aromatic N) is 1. The number of rotatable bonds is 6. The summed E-state index contributed by atoms with van der Waals surface area (Å²) in [5.41, 5.74) is 0.859. The van der Waals surface area contributed by atoms with Gasteiger partial charge in [0.15, 0.2) is 0 Å². The fraction of sp³-hybridized carbons (Fsp3) is 0.0500. The van der Waals surface area contributed by atoms with Gasteiger partial charge in [-0.2, -0.15) is 0 Å². The van der Waals surface area contributed by atoms with E-state index >= 15 is 0 Å². The molecule has 1 N–H and O–H groups in total. The first-order chi connectivity index (χ1) is 12.6. The van der Waals surface area contributed by atoms with Gasteiger partial charge in [-0.1, -0.05) is 42.5 Å². The molecule has 0 aliphatic rings. The fourth-order valence-electron chi connectivity index (χ4n) is 2.48. The van der Waals surface area contributed by atoms with Crippen LogP contribution < -0.4 is 10.1 Å². The van der Waals surface area contributed by atoms with E-state index in [0.29, 0.717) is 22.7 Å². The second kappa shape index (κ2) is 7.94. The van der Waals surface area contributed by atoms with Gasteiger partial charge in [-0.05, 0) is 24.3 Å². The lowest BCUT2D eigenvalue weighted by Gasteiger charge is -2.09. The first-order valence-electron chi connectivity index (χ1n) is 7.97. The van der Waals surface area contributed by atoms with Crippen molar-refractivity contribution in [3.05, 3.63) is 94.5 Å². The van der Waals surface area contributed by atoms with Gasteiger partial charge in [0, 0.05) is 23.4 Å². The van der Waals surface area contributed by atoms with Crippen molar-refractivity contribution in [1.29, 1.82) is 0 Å². The molecular weight excluding hydrogens is 332 g/mol. The summed E-state index contributed by atoms with van der Waals surface area (Å²) in [5, 5.41) is 13.8. The van der Waals surface area contributed by atoms with Crippen LogP contribution >= 0.6 is 0 Å². The lowest BCUT2D eigenvalue weighted by atomic mass is 10.1. The summed E-state index contributed by atoms with van der Waals surface area (Å²) in [6.45, 7) is 0. The smallest absolute Gasteiger partial charge is 0.273 e. The van der Waals surface area contributed by atoms with Crippen LogP contribution in [0.2, 0.25) is 0 Å². The van der Waals surface area contributed by atoms with Gasteiger partial charge in [-0.15, -0.1) is 0 Å². The number of benzene rings is 3. The monoisotopic (exact) mass is 348 g/mol. The summed E-state index contributed by atoms with van der Waals surface area (Å²) in [4.78, 5) is 22.8. The quantitative estimate of drug-likeness (QED) is 0.523. The Balaban J connectivity index is 1.68. The summed E-state index contributed by atoms with van der Waals surface area (Å²) in [5.74, 6) is 0.937. The van der Waals surface area contributed by atoms with Crippen LogP contribution in [0.5, 0.6) is 11.5 Å². The molecule has 26 heavy (non-hydrogen) atoms. The normalized spacial score (nSPS) is 10.2. The van der Waals surface area contributed by atoms with Crippen molar-refractivity contribution in [2.75, 3.05) is 5.32 Å². The minimum absolute atomic E-state index is 0.0659. The maximum Gasteiger partial charge on any atom is 0.273 e. The van der Waals surface area contributed by atoms with E-state index in [1.807, 2.05) is 30.3 Å². The van der Waals surface area contributed by atoms with Gasteiger partial charge < -0.3 is 10.1 Å². The summed E-state index contributed by atoms with van der Waals surface area (Å²) < 4.78 is 5.73. The molecule has 0 radical (unpaired) electrons. The molecule has 0 atom stereocenters. The van der Waals surface area contributed by atoms with Gasteiger partial charge >= 0.3 is 0 Å². The molecule has 0 aliphatic carbocycles. The third kappa shape index (κ3) is 4.45. The van der Waals surface area contributed by atoms with Gasteiger partial charge in [0.25, 0.3) is 5.69 Å². The van der Waals surface area contributed by atoms with Crippen LogP contribution in [0.1, 0.15) is 5.56 Å². The van der Waals surface area contributed by atoms with Crippen LogP contribution in [0.15, 0.2) is 78.9 Å². The van der Waals surface area contributed by atoms with Gasteiger partial charge in [-0.25, -0.2) is 0 Å². The van der Waals surface area contributed by atoms with Gasteiger partial charge in [0.1, 0.15) is 11.5 Å². The van der Waals surface area contributed by atoms with Crippen molar-refractivity contribution in [2.45, 2.75) is 6.42 Å². The van der Waals surface area contributed by atoms with E-state index < -0.39 is 4.92 Å². The van der Waals surface area contributed by atoms with Gasteiger partial charge in [0.2, 0.25) is 5.91 Å². The molecule has 3 aromatic carbocycles. The Kier molecular flexibility index (Phi) is 5.24. The van der Waals surface area contributed by atoms with Crippen LogP contribution in [0.4, 0.5) is 11.4 Å². The third-order valence-electron chi connectivity index (χ3n) is 3.64. The molecule has 6 heteroatoms. The molecule has 0 heterocycles. The largest absolute Gasteiger partial charge is 0.457 e. The van der Waals surface area contributed by atoms with Crippen LogP contribution in [0, 0.1) is 10.1 Å². The van der Waals surface area contributed by atoms with Crippen LogP contribution in [-0.2, 0) is 11.2 Å². The minimum atomic E-state index is -0.489. The van der Waals surface area contributed by atoms with E-state index in [0.717, 1.165) is 0 Å². The van der Waals surface area contributed by atoms with E-state index in [1.54, 1.807) is 42.5 Å². The molecule has 0 bridgehead atoms. The molecule has 130 valence electrons. The number of anilines is 1. The molecule has 3 aromatic rings. The van der Waals surface area contributed by atoms with Crippen molar-refractivity contribution in [3.63, 3.8) is 0 Å². The van der Waals surface area contributed by atoms with Crippen molar-refractivity contribution < 1.29 is 14.5 Å². The molecule has 0 unspecified atom stereocenters. The van der Waals surface area contributed by atoms with Crippen molar-refractivity contribution in [3.8, 4) is 11.5 Å². The van der Waals surface area contributed by atoms with Crippen LogP contribution in [0.25, 0.3) is 0 Å². The molecule has 0 saturated carbocycles. The summed E-state index contributed by atoms with van der Waals surface area (Å²) in [7, 11) is 0. The Hall–Kier alpha value is -3.67. The van der Waals surface area contributed by atoms with Crippen molar-refractivity contribution >= 4 is 17.3 Å². The van der Waals surface area contributed by atoms with Crippen LogP contribution in [0.3, 0.4) is 0 Å². The molecule has 0 saturated heterocycles. The fourth-order valence-corrected chi connectivity index (χ4v) is 2.48. The average molecular weight is 348 g/mol. The van der Waals surface area contributed by atoms with E-state index in [-0.39, 0.29) is 18.0 Å². The maximum atomic E-state index is 12.3. The number of para-hydroxylation sites is 2. The van der Waals surface area contributed by atoms with E-state index in [2.05, 4.69) is 5.32 Å². The first-order valence-corrected chi connectivity index (χ1v) is 7.97. The average Bonchev–Trinajstić information content (AvgIpc) is 2.63. The first kappa shape index (κ1) is 17.2. The highest BCUT2D eigenvalue weighted by Gasteiger charge is 2.15. The van der Waals surface area contributed by atoms with Crippen LogP contribution in [-0.4, -0.2) is 10.8 Å². The lowest BCUT2D eigenvalue weighted by molar-refractivity contribution is -0.385. The topological polar surface area (TPSA) is 81.5 Å². The standard InChI is InChI=1S/C20H16N2O4/c23-20(13-15-7-4-5-12-19(15)22(24)25)21-16-8-6-11-18(14-16)26-17-9-2-1-3-10-17/h1-12,14H,13H2,(H,21,23). The second-order valence-electron chi connectivity index (χ2n) is 5.55. The van der Waals surface area contributed by atoms with Crippen molar-refractivity contribution in [2.24, 2.45) is 0 Å². The Bertz CT molecular complexity index is 926. The van der Waals surface area contributed by atoms with Crippen molar-refractivity contribution in [1.82, 2.24) is 0 Å². The Labute approximate surface area is 150 Å². The number of carbonyl (C=O) groups excluding carboxylic acids is 1. The number of hydrogen-bond donors (Lipinski definition) is 1. The Morgan fingerprint density at radius 3 is 2.38 bits per heavy atom. The molecule has 0 spiro atoms. The molecule has 6 nitrogen and oxygen atoms in total. The van der Waals surface area contributed by atoms with E-state index in [9.17, 15) is 14.9 Å². The predicted molar refractivity (Wildman–Crippen MR) is 98.4 cm³/mol. The second-order valence-corrected chi connectivity index (χ2v) is 5.55. The molecule has 1 amide bonds. The number of nitro benzene ring substituents is 1. The molecular formula is C20H16N2O4. The van der Waals surface area contributed by atoms with E-state index in [1.165, 1.54) is 6.07 Å². The number of carbonyl (C=O) groups is 1. The molecule has 0 aliphatic heterocycles. The zero-order valence-corrected chi connectivity index (χ0v) is 13.8. The highest BCUT2D eigenvalue weighted by atomic mass is 16.6. The molecule has 0 fully saturated rings. The number of nitrogens with one attached hydrogen (secondary N) is 1. The van der Waals surface area contributed by atoms with Gasteiger partial charge in [0.05, 0.1) is 11.3 Å². The number of ether oxygens (including phenoxy) is 1. The van der Waals surface area contributed by atoms with Gasteiger partial charge in [-0.3, -0.25) is 14.9 Å². The maximum absolute atomic E-state index is 12.3. The summed E-state index contributed by atoms with van der Waals surface area (Å²) in [6.07, 6.45) is -0.0824. The summed E-state index contributed by atoms with van der Waals surface area (Å²) in [6, 6.07) is 22.5. The zero-order valence-electron chi connectivity index (χ0n) is 13.8. The minimum Gasteiger partial charge on any atom is -0.457 e. The molecule has 3 rings (SSSR count). The predicted octanol–water partition coefficient (Wildman–Crippen LogP) is 4.57.